The summed E-state index contributed by atoms with van der Waals surface area (Å²) in [6.07, 6.45) is 8.23. The van der Waals surface area contributed by atoms with Gasteiger partial charge in [-0.1, -0.05) is 31.5 Å². The quantitative estimate of drug-likeness (QED) is 0.488. The molecule has 172 valence electrons. The molecule has 2 atom stereocenters. The van der Waals surface area contributed by atoms with Crippen molar-refractivity contribution in [2.24, 2.45) is 5.92 Å². The summed E-state index contributed by atoms with van der Waals surface area (Å²) in [5.41, 5.74) is 2.29. The van der Waals surface area contributed by atoms with Crippen LogP contribution >= 0.6 is 11.8 Å². The smallest absolute Gasteiger partial charge is 0.234 e. The highest BCUT2D eigenvalue weighted by Gasteiger charge is 2.29. The fraction of sp³-hybridized carbons (Fsp3) is 0.375. The Morgan fingerprint density at radius 2 is 1.79 bits per heavy atom. The minimum Gasteiger partial charge on any atom is -0.326 e. The Bertz CT molecular complexity index is 1100. The van der Waals surface area contributed by atoms with E-state index in [0.29, 0.717) is 23.3 Å². The molecule has 0 radical (unpaired) electrons. The Labute approximate surface area is 197 Å². The molecule has 1 fully saturated rings. The average Bonchev–Trinajstić information content (AvgIpc) is 3.23. The maximum atomic E-state index is 12.6. The molecule has 1 aromatic carbocycles. The van der Waals surface area contributed by atoms with Crippen molar-refractivity contribution in [3.05, 3.63) is 48.8 Å². The predicted molar refractivity (Wildman–Crippen MR) is 130 cm³/mol. The highest BCUT2D eigenvalue weighted by molar-refractivity contribution is 7.99. The van der Waals surface area contributed by atoms with Crippen LogP contribution in [-0.4, -0.2) is 37.3 Å². The van der Waals surface area contributed by atoms with Gasteiger partial charge in [-0.05, 0) is 55.2 Å². The van der Waals surface area contributed by atoms with Crippen LogP contribution in [-0.2, 0) is 9.59 Å². The lowest BCUT2D eigenvalue weighted by Gasteiger charge is -2.31. The topological polar surface area (TPSA) is 102 Å². The van der Waals surface area contributed by atoms with Crippen molar-refractivity contribution in [3.63, 3.8) is 0 Å². The third-order valence-corrected chi connectivity index (χ3v) is 6.75. The maximum absolute atomic E-state index is 12.6. The van der Waals surface area contributed by atoms with Crippen LogP contribution in [0.5, 0.6) is 0 Å². The summed E-state index contributed by atoms with van der Waals surface area (Å²) in [4.78, 5) is 28.0. The van der Waals surface area contributed by atoms with Gasteiger partial charge in [0.05, 0.1) is 5.75 Å². The number of amides is 2. The van der Waals surface area contributed by atoms with Crippen LogP contribution in [0.2, 0.25) is 0 Å². The number of hydrogen-bond acceptors (Lipinski definition) is 6. The van der Waals surface area contributed by atoms with Crippen molar-refractivity contribution >= 4 is 35.0 Å². The summed E-state index contributed by atoms with van der Waals surface area (Å²) in [6, 6.07) is 11.2. The molecular formula is C24H28N6O2S. The zero-order valence-electron chi connectivity index (χ0n) is 18.8. The van der Waals surface area contributed by atoms with Gasteiger partial charge in [-0.3, -0.25) is 19.1 Å². The molecule has 4 rings (SSSR count). The van der Waals surface area contributed by atoms with Gasteiger partial charge in [-0.2, -0.15) is 0 Å². The summed E-state index contributed by atoms with van der Waals surface area (Å²) < 4.78 is 2.21. The van der Waals surface area contributed by atoms with Crippen LogP contribution in [0.1, 0.15) is 45.6 Å². The Hall–Kier alpha value is -3.20. The monoisotopic (exact) mass is 464 g/mol. The van der Waals surface area contributed by atoms with Gasteiger partial charge in [0.1, 0.15) is 0 Å². The molecule has 0 bridgehead atoms. The summed E-state index contributed by atoms with van der Waals surface area (Å²) in [5, 5.41) is 15.3. The summed E-state index contributed by atoms with van der Waals surface area (Å²) in [5.74, 6) is 1.28. The molecule has 9 heteroatoms. The van der Waals surface area contributed by atoms with E-state index in [2.05, 4.69) is 37.3 Å². The van der Waals surface area contributed by atoms with Crippen molar-refractivity contribution in [2.45, 2.75) is 50.7 Å². The Kier molecular flexibility index (Phi) is 7.39. The third kappa shape index (κ3) is 5.78. The summed E-state index contributed by atoms with van der Waals surface area (Å²) >= 11 is 1.40. The van der Waals surface area contributed by atoms with E-state index in [4.69, 9.17) is 0 Å². The second kappa shape index (κ2) is 10.6. The second-order valence-electron chi connectivity index (χ2n) is 8.34. The number of thioether (sulfide) groups is 1. The van der Waals surface area contributed by atoms with Gasteiger partial charge in [-0.15, -0.1) is 10.2 Å². The number of carbonyl (C=O) groups is 2. The van der Waals surface area contributed by atoms with E-state index in [-0.39, 0.29) is 17.6 Å². The lowest BCUT2D eigenvalue weighted by atomic mass is 9.85. The van der Waals surface area contributed by atoms with Crippen molar-refractivity contribution in [1.29, 1.82) is 0 Å². The van der Waals surface area contributed by atoms with Crippen molar-refractivity contribution in [1.82, 2.24) is 19.7 Å². The fourth-order valence-corrected chi connectivity index (χ4v) is 5.01. The van der Waals surface area contributed by atoms with Gasteiger partial charge < -0.3 is 10.6 Å². The number of anilines is 2. The number of benzene rings is 1. The van der Waals surface area contributed by atoms with Crippen molar-refractivity contribution in [2.75, 3.05) is 16.4 Å². The number of aromatic nitrogens is 4. The van der Waals surface area contributed by atoms with Crippen molar-refractivity contribution < 1.29 is 9.59 Å². The van der Waals surface area contributed by atoms with Gasteiger partial charge in [0.25, 0.3) is 0 Å². The molecule has 0 saturated heterocycles. The first-order chi connectivity index (χ1) is 16.0. The van der Waals surface area contributed by atoms with Crippen LogP contribution in [0, 0.1) is 5.92 Å². The molecule has 1 aliphatic carbocycles. The zero-order valence-corrected chi connectivity index (χ0v) is 19.6. The summed E-state index contributed by atoms with van der Waals surface area (Å²) in [6.45, 7) is 3.74. The fourth-order valence-electron chi connectivity index (χ4n) is 4.21. The minimum absolute atomic E-state index is 0.124. The zero-order chi connectivity index (χ0) is 23.2. The average molecular weight is 465 g/mol. The van der Waals surface area contributed by atoms with Crippen LogP contribution < -0.4 is 10.6 Å². The molecule has 2 aromatic heterocycles. The Morgan fingerprint density at radius 3 is 2.45 bits per heavy atom. The van der Waals surface area contributed by atoms with E-state index in [1.165, 1.54) is 37.9 Å². The van der Waals surface area contributed by atoms with Gasteiger partial charge >= 0.3 is 0 Å². The molecule has 2 N–H and O–H groups in total. The predicted octanol–water partition coefficient (Wildman–Crippen LogP) is 4.78. The number of nitrogens with one attached hydrogen (secondary N) is 2. The highest BCUT2D eigenvalue weighted by Crippen LogP contribution is 2.38. The molecule has 2 heterocycles. The lowest BCUT2D eigenvalue weighted by molar-refractivity contribution is -0.114. The largest absolute Gasteiger partial charge is 0.326 e. The van der Waals surface area contributed by atoms with Gasteiger partial charge in [0.15, 0.2) is 11.0 Å². The van der Waals surface area contributed by atoms with Gasteiger partial charge in [0, 0.05) is 42.3 Å². The van der Waals surface area contributed by atoms with Crippen molar-refractivity contribution in [3.8, 4) is 11.4 Å². The molecule has 3 aromatic rings. The van der Waals surface area contributed by atoms with E-state index in [1.54, 1.807) is 36.7 Å². The molecular weight excluding hydrogens is 436 g/mol. The maximum Gasteiger partial charge on any atom is 0.234 e. The van der Waals surface area contributed by atoms with E-state index in [9.17, 15) is 9.59 Å². The van der Waals surface area contributed by atoms with Crippen LogP contribution in [0.25, 0.3) is 11.4 Å². The van der Waals surface area contributed by atoms with Crippen LogP contribution in [0.15, 0.2) is 53.9 Å². The third-order valence-electron chi connectivity index (χ3n) is 5.80. The van der Waals surface area contributed by atoms with Gasteiger partial charge in [0.2, 0.25) is 11.8 Å². The first-order valence-electron chi connectivity index (χ1n) is 11.2. The highest BCUT2D eigenvalue weighted by atomic mass is 32.2. The number of carbonyl (C=O) groups excluding carboxylic acids is 2. The standard InChI is InChI=1S/C24H28N6O2S/c1-16-6-3-4-8-21(16)30-23(18-7-5-13-25-14-18)28-29-24(30)33-15-22(32)27-20-11-9-19(10-12-20)26-17(2)31/h5,7,9-14,16,21H,3-4,6,8,15H2,1-2H3,(H,26,31)(H,27,32)/t16-,21-/m1/s1. The molecule has 0 unspecified atom stereocenters. The summed E-state index contributed by atoms with van der Waals surface area (Å²) in [7, 11) is 0. The first-order valence-corrected chi connectivity index (χ1v) is 12.2. The van der Waals surface area contributed by atoms with Crippen LogP contribution in [0.4, 0.5) is 11.4 Å². The van der Waals surface area contributed by atoms with E-state index in [1.807, 2.05) is 12.1 Å². The lowest BCUT2D eigenvalue weighted by Crippen LogP contribution is -2.23. The molecule has 8 nitrogen and oxygen atoms in total. The Balaban J connectivity index is 1.48. The second-order valence-corrected chi connectivity index (χ2v) is 9.28. The minimum atomic E-state index is -0.134. The number of pyridine rings is 1. The Morgan fingerprint density at radius 1 is 1.06 bits per heavy atom. The van der Waals surface area contributed by atoms with E-state index in [0.717, 1.165) is 23.0 Å². The van der Waals surface area contributed by atoms with Crippen LogP contribution in [0.3, 0.4) is 0 Å². The molecule has 1 aliphatic rings. The molecule has 0 aliphatic heterocycles. The number of hydrogen-bond donors (Lipinski definition) is 2. The first kappa shape index (κ1) is 23.0. The molecule has 1 saturated carbocycles. The molecule has 33 heavy (non-hydrogen) atoms. The normalized spacial score (nSPS) is 18.0. The number of nitrogens with zero attached hydrogens (tertiary/aromatic N) is 4. The molecule has 2 amide bonds. The van der Waals surface area contributed by atoms with E-state index < -0.39 is 0 Å². The van der Waals surface area contributed by atoms with E-state index >= 15 is 0 Å². The van der Waals surface area contributed by atoms with Gasteiger partial charge in [-0.25, -0.2) is 0 Å². The SMILES string of the molecule is CC(=O)Nc1ccc(NC(=O)CSc2nnc(-c3cccnc3)n2[C@@H]2CCCC[C@H]2C)cc1. The number of rotatable bonds is 7. The molecule has 0 spiro atoms.